The molecule has 0 heterocycles. The van der Waals surface area contributed by atoms with Crippen LogP contribution in [0.5, 0.6) is 5.75 Å². The zero-order valence-corrected chi connectivity index (χ0v) is 16.3. The third kappa shape index (κ3) is 5.44. The van der Waals surface area contributed by atoms with E-state index in [1.165, 1.54) is 0 Å². The van der Waals surface area contributed by atoms with Gasteiger partial charge in [0.1, 0.15) is 12.4 Å². The number of benzene rings is 3. The minimum atomic E-state index is -0.903. The lowest BCUT2D eigenvalue weighted by atomic mass is 9.97. The summed E-state index contributed by atoms with van der Waals surface area (Å²) in [5.74, 6) is -0.357. The molecule has 0 aromatic heterocycles. The SMILES string of the molecule is C[C@@H](N)c1cccc(-c2cc(CO)cc(COc3ccccc3CC(=O)O)c2)c1. The van der Waals surface area contributed by atoms with Gasteiger partial charge in [-0.1, -0.05) is 42.5 Å². The molecule has 4 N–H and O–H groups in total. The van der Waals surface area contributed by atoms with Crippen molar-refractivity contribution in [3.8, 4) is 16.9 Å². The number of nitrogens with two attached hydrogens (primary N) is 1. The molecule has 29 heavy (non-hydrogen) atoms. The van der Waals surface area contributed by atoms with Crippen LogP contribution in [0, 0.1) is 0 Å². The molecular weight excluding hydrogens is 366 g/mol. The van der Waals surface area contributed by atoms with Gasteiger partial charge in [0.15, 0.2) is 0 Å². The minimum Gasteiger partial charge on any atom is -0.489 e. The molecule has 0 radical (unpaired) electrons. The Morgan fingerprint density at radius 1 is 1.00 bits per heavy atom. The van der Waals surface area contributed by atoms with Crippen LogP contribution in [-0.2, 0) is 24.4 Å². The number of rotatable bonds is 8. The number of aliphatic hydroxyl groups excluding tert-OH is 1. The van der Waals surface area contributed by atoms with Crippen molar-refractivity contribution in [2.45, 2.75) is 32.6 Å². The van der Waals surface area contributed by atoms with E-state index in [-0.39, 0.29) is 25.7 Å². The molecule has 0 spiro atoms. The molecule has 5 heteroatoms. The number of ether oxygens (including phenoxy) is 1. The van der Waals surface area contributed by atoms with Crippen molar-refractivity contribution in [2.75, 3.05) is 0 Å². The van der Waals surface area contributed by atoms with E-state index in [2.05, 4.69) is 0 Å². The Kier molecular flexibility index (Phi) is 6.65. The highest BCUT2D eigenvalue weighted by Gasteiger charge is 2.10. The van der Waals surface area contributed by atoms with Gasteiger partial charge in [0.2, 0.25) is 0 Å². The van der Waals surface area contributed by atoms with Gasteiger partial charge in [-0.3, -0.25) is 4.79 Å². The fourth-order valence-electron chi connectivity index (χ4n) is 3.22. The van der Waals surface area contributed by atoms with Crippen LogP contribution in [0.2, 0.25) is 0 Å². The summed E-state index contributed by atoms with van der Waals surface area (Å²) in [7, 11) is 0. The second-order valence-corrected chi connectivity index (χ2v) is 7.08. The predicted octanol–water partition coefficient (Wildman–Crippen LogP) is 4.07. The first kappa shape index (κ1) is 20.6. The maximum atomic E-state index is 11.1. The smallest absolute Gasteiger partial charge is 0.307 e. The van der Waals surface area contributed by atoms with Crippen molar-refractivity contribution in [3.63, 3.8) is 0 Å². The molecule has 0 fully saturated rings. The van der Waals surface area contributed by atoms with Gasteiger partial charge in [0, 0.05) is 11.6 Å². The molecule has 150 valence electrons. The summed E-state index contributed by atoms with van der Waals surface area (Å²) in [4.78, 5) is 11.1. The Morgan fingerprint density at radius 3 is 2.48 bits per heavy atom. The van der Waals surface area contributed by atoms with E-state index in [0.29, 0.717) is 11.3 Å². The van der Waals surface area contributed by atoms with Gasteiger partial charge in [-0.05, 0) is 59.0 Å². The molecule has 3 aromatic rings. The lowest BCUT2D eigenvalue weighted by Gasteiger charge is -2.14. The molecule has 5 nitrogen and oxygen atoms in total. The van der Waals surface area contributed by atoms with Crippen LogP contribution < -0.4 is 10.5 Å². The second kappa shape index (κ2) is 9.37. The first-order valence-corrected chi connectivity index (χ1v) is 9.48. The van der Waals surface area contributed by atoms with E-state index < -0.39 is 5.97 Å². The summed E-state index contributed by atoms with van der Waals surface area (Å²) in [5.41, 5.74) is 11.3. The summed E-state index contributed by atoms with van der Waals surface area (Å²) >= 11 is 0. The zero-order chi connectivity index (χ0) is 20.8. The van der Waals surface area contributed by atoms with Crippen molar-refractivity contribution in [1.82, 2.24) is 0 Å². The van der Waals surface area contributed by atoms with E-state index in [9.17, 15) is 9.90 Å². The van der Waals surface area contributed by atoms with Crippen molar-refractivity contribution in [1.29, 1.82) is 0 Å². The number of hydrogen-bond donors (Lipinski definition) is 3. The van der Waals surface area contributed by atoms with E-state index in [4.69, 9.17) is 15.6 Å². The van der Waals surface area contributed by atoms with Gasteiger partial charge in [0.05, 0.1) is 13.0 Å². The lowest BCUT2D eigenvalue weighted by molar-refractivity contribution is -0.136. The molecule has 1 atom stereocenters. The number of carboxylic acid groups (broad SMARTS) is 1. The third-order valence-electron chi connectivity index (χ3n) is 4.69. The maximum absolute atomic E-state index is 11.1. The fourth-order valence-corrected chi connectivity index (χ4v) is 3.22. The number of hydrogen-bond acceptors (Lipinski definition) is 4. The Hall–Kier alpha value is -3.15. The summed E-state index contributed by atoms with van der Waals surface area (Å²) < 4.78 is 5.91. The third-order valence-corrected chi connectivity index (χ3v) is 4.69. The minimum absolute atomic E-state index is 0.0653. The van der Waals surface area contributed by atoms with Crippen molar-refractivity contribution >= 4 is 5.97 Å². The van der Waals surface area contributed by atoms with Crippen molar-refractivity contribution in [3.05, 3.63) is 89.0 Å². The van der Waals surface area contributed by atoms with E-state index in [0.717, 1.165) is 27.8 Å². The van der Waals surface area contributed by atoms with Crippen molar-refractivity contribution < 1.29 is 19.7 Å². The van der Waals surface area contributed by atoms with Crippen LogP contribution in [0.1, 0.15) is 35.2 Å². The first-order valence-electron chi connectivity index (χ1n) is 9.48. The standard InChI is InChI=1S/C24H25NO4/c1-16(25)19-6-4-7-20(12-19)22-10-17(14-26)9-18(11-22)15-29-23-8-3-2-5-21(23)13-24(27)28/h2-12,16,26H,13-15,25H2,1H3,(H,27,28)/t16-/m1/s1. The molecule has 3 rings (SSSR count). The molecule has 0 saturated heterocycles. The quantitative estimate of drug-likeness (QED) is 0.538. The summed E-state index contributed by atoms with van der Waals surface area (Å²) in [5, 5.41) is 18.8. The molecule has 0 unspecified atom stereocenters. The van der Waals surface area contributed by atoms with Gasteiger partial charge in [0.25, 0.3) is 0 Å². The van der Waals surface area contributed by atoms with Gasteiger partial charge in [-0.25, -0.2) is 0 Å². The molecule has 0 amide bonds. The maximum Gasteiger partial charge on any atom is 0.307 e. The molecule has 0 aliphatic carbocycles. The average Bonchev–Trinajstić information content (AvgIpc) is 2.72. The number of carbonyl (C=O) groups is 1. The van der Waals surface area contributed by atoms with Crippen LogP contribution in [0.3, 0.4) is 0 Å². The highest BCUT2D eigenvalue weighted by molar-refractivity contribution is 5.71. The molecule has 0 saturated carbocycles. The predicted molar refractivity (Wildman–Crippen MR) is 113 cm³/mol. The van der Waals surface area contributed by atoms with Gasteiger partial charge in [-0.2, -0.15) is 0 Å². The van der Waals surface area contributed by atoms with Gasteiger partial charge >= 0.3 is 5.97 Å². The largest absolute Gasteiger partial charge is 0.489 e. The van der Waals surface area contributed by atoms with Crippen LogP contribution in [-0.4, -0.2) is 16.2 Å². The number of aliphatic carboxylic acids is 1. The lowest BCUT2D eigenvalue weighted by Crippen LogP contribution is -2.05. The topological polar surface area (TPSA) is 92.8 Å². The monoisotopic (exact) mass is 391 g/mol. The van der Waals surface area contributed by atoms with Crippen molar-refractivity contribution in [2.24, 2.45) is 5.73 Å². The molecule has 0 aliphatic heterocycles. The van der Waals surface area contributed by atoms with Gasteiger partial charge in [-0.15, -0.1) is 0 Å². The summed E-state index contributed by atoms with van der Waals surface area (Å²) in [6.07, 6.45) is -0.0951. The van der Waals surface area contributed by atoms with Crippen LogP contribution >= 0.6 is 0 Å². The number of aliphatic hydroxyl groups is 1. The molecule has 0 bridgehead atoms. The van der Waals surface area contributed by atoms with Crippen LogP contribution in [0.15, 0.2) is 66.7 Å². The summed E-state index contributed by atoms with van der Waals surface area (Å²) in [6, 6.07) is 20.9. The Morgan fingerprint density at radius 2 is 1.76 bits per heavy atom. The highest BCUT2D eigenvalue weighted by Crippen LogP contribution is 2.26. The second-order valence-electron chi connectivity index (χ2n) is 7.08. The Balaban J connectivity index is 1.87. The van der Waals surface area contributed by atoms with E-state index in [1.54, 1.807) is 18.2 Å². The molecule has 3 aromatic carbocycles. The fraction of sp³-hybridized carbons (Fsp3) is 0.208. The Bertz CT molecular complexity index is 998. The highest BCUT2D eigenvalue weighted by atomic mass is 16.5. The normalized spacial score (nSPS) is 11.8. The van der Waals surface area contributed by atoms with Crippen LogP contribution in [0.25, 0.3) is 11.1 Å². The first-order chi connectivity index (χ1) is 14.0. The van der Waals surface area contributed by atoms with Gasteiger partial charge < -0.3 is 20.7 Å². The number of carboxylic acids is 1. The molecular formula is C24H25NO4. The summed E-state index contributed by atoms with van der Waals surface area (Å²) in [6.45, 7) is 2.13. The van der Waals surface area contributed by atoms with E-state index in [1.807, 2.05) is 55.5 Å². The number of para-hydroxylation sites is 1. The van der Waals surface area contributed by atoms with E-state index >= 15 is 0 Å². The zero-order valence-electron chi connectivity index (χ0n) is 16.3. The average molecular weight is 391 g/mol. The van der Waals surface area contributed by atoms with Crippen LogP contribution in [0.4, 0.5) is 0 Å². The molecule has 0 aliphatic rings. The Labute approximate surface area is 170 Å².